The number of hydrogen-bond acceptors (Lipinski definition) is 3. The summed E-state index contributed by atoms with van der Waals surface area (Å²) in [5, 5.41) is 12.6. The summed E-state index contributed by atoms with van der Waals surface area (Å²) in [5.74, 6) is 0.252. The third-order valence-corrected chi connectivity index (χ3v) is 6.41. The molecule has 4 heteroatoms. The molecule has 2 atom stereocenters. The summed E-state index contributed by atoms with van der Waals surface area (Å²) in [6, 6.07) is 5.16. The van der Waals surface area contributed by atoms with Crippen molar-refractivity contribution in [3.05, 3.63) is 22.8 Å². The summed E-state index contributed by atoms with van der Waals surface area (Å²) in [6.07, 6.45) is 7.37. The molecule has 1 aliphatic heterocycles. The van der Waals surface area contributed by atoms with Crippen LogP contribution in [0.3, 0.4) is 0 Å². The van der Waals surface area contributed by atoms with Gasteiger partial charge in [-0.15, -0.1) is 0 Å². The van der Waals surface area contributed by atoms with E-state index in [1.165, 1.54) is 16.8 Å². The summed E-state index contributed by atoms with van der Waals surface area (Å²) in [7, 11) is 0. The fourth-order valence-corrected chi connectivity index (χ4v) is 4.52. The fraction of sp³-hybridized carbons (Fsp3) is 0.692. The van der Waals surface area contributed by atoms with Gasteiger partial charge in [0.15, 0.2) is 0 Å². The number of unbranched alkanes of at least 4 members (excludes halogenated alkanes) is 1. The second-order valence-corrected chi connectivity index (χ2v) is 9.99. The Bertz CT molecular complexity index is 785. The molecule has 1 heterocycles. The highest BCUT2D eigenvalue weighted by molar-refractivity contribution is 5.99. The Hall–Kier alpha value is -2.02. The Morgan fingerprint density at radius 1 is 1.23 bits per heavy atom. The molecule has 30 heavy (non-hydrogen) atoms. The van der Waals surface area contributed by atoms with E-state index in [2.05, 4.69) is 50.0 Å². The molecule has 1 N–H and O–H groups in total. The zero-order chi connectivity index (χ0) is 22.5. The molecule has 0 radical (unpaired) electrons. The molecule has 4 nitrogen and oxygen atoms in total. The number of anilines is 2. The largest absolute Gasteiger partial charge is 0.366 e. The van der Waals surface area contributed by atoms with Crippen molar-refractivity contribution in [2.45, 2.75) is 99.5 Å². The molecule has 0 saturated carbocycles. The highest BCUT2D eigenvalue weighted by Crippen LogP contribution is 2.44. The molecule has 0 aromatic heterocycles. The number of hydrogen-bond donors (Lipinski definition) is 1. The summed E-state index contributed by atoms with van der Waals surface area (Å²) < 4.78 is 0. The van der Waals surface area contributed by atoms with Crippen molar-refractivity contribution >= 4 is 17.3 Å². The second-order valence-electron chi connectivity index (χ2n) is 9.99. The Kier molecular flexibility index (Phi) is 8.35. The number of carbonyl (C=O) groups excluding carboxylic acids is 1. The third-order valence-electron chi connectivity index (χ3n) is 6.41. The number of nitrogens with one attached hydrogen (secondary N) is 1. The van der Waals surface area contributed by atoms with Gasteiger partial charge in [-0.2, -0.15) is 5.26 Å². The van der Waals surface area contributed by atoms with E-state index in [0.29, 0.717) is 6.04 Å². The monoisotopic (exact) mass is 411 g/mol. The Balaban J connectivity index is 2.25. The predicted molar refractivity (Wildman–Crippen MR) is 127 cm³/mol. The van der Waals surface area contributed by atoms with Gasteiger partial charge in [-0.25, -0.2) is 0 Å². The van der Waals surface area contributed by atoms with Gasteiger partial charge in [-0.3, -0.25) is 4.79 Å². The van der Waals surface area contributed by atoms with Gasteiger partial charge in [0.25, 0.3) is 0 Å². The van der Waals surface area contributed by atoms with Crippen LogP contribution < -0.4 is 10.2 Å². The summed E-state index contributed by atoms with van der Waals surface area (Å²) in [6.45, 7) is 15.6. The quantitative estimate of drug-likeness (QED) is 0.469. The molecule has 1 amide bonds. The van der Waals surface area contributed by atoms with Crippen LogP contribution in [0.4, 0.5) is 11.4 Å². The van der Waals surface area contributed by atoms with E-state index in [1.807, 2.05) is 20.8 Å². The fourth-order valence-electron chi connectivity index (χ4n) is 4.52. The second kappa shape index (κ2) is 10.3. The first-order valence-electron chi connectivity index (χ1n) is 11.7. The standard InChI is InChI=1S/C26H41N3O/c1-8-12-20(17-27)13-10-11-14-29-21(9-2)16-22-18(3)15-19(4)23(24(22)29)28-25(30)26(5,6)7/h15,20-21H,8-14,16H2,1-7H3,(H,28,30). The first kappa shape index (κ1) is 24.3. The maximum Gasteiger partial charge on any atom is 0.229 e. The number of fused-ring (bicyclic) bond motifs is 1. The summed E-state index contributed by atoms with van der Waals surface area (Å²) in [5.41, 5.74) is 5.65. The van der Waals surface area contributed by atoms with Crippen LogP contribution in [0.1, 0.15) is 89.8 Å². The average Bonchev–Trinajstić information content (AvgIpc) is 3.05. The molecular weight excluding hydrogens is 370 g/mol. The molecular formula is C26H41N3O. The smallest absolute Gasteiger partial charge is 0.229 e. The lowest BCUT2D eigenvalue weighted by atomic mass is 9.94. The SMILES string of the molecule is CCCC(C#N)CCCCN1c2c(c(C)cc(C)c2NC(=O)C(C)(C)C)CC1CC. The number of rotatable bonds is 9. The van der Waals surface area contributed by atoms with E-state index >= 15 is 0 Å². The highest BCUT2D eigenvalue weighted by Gasteiger charge is 2.33. The Morgan fingerprint density at radius 3 is 2.50 bits per heavy atom. The van der Waals surface area contributed by atoms with Crippen LogP contribution in [0.25, 0.3) is 0 Å². The minimum absolute atomic E-state index is 0.0629. The third kappa shape index (κ3) is 5.56. The maximum absolute atomic E-state index is 12.8. The van der Waals surface area contributed by atoms with Gasteiger partial charge in [0, 0.05) is 23.9 Å². The maximum atomic E-state index is 12.8. The van der Waals surface area contributed by atoms with Crippen molar-refractivity contribution in [3.8, 4) is 6.07 Å². The molecule has 0 fully saturated rings. The van der Waals surface area contributed by atoms with E-state index in [0.717, 1.165) is 62.7 Å². The molecule has 1 aromatic rings. The summed E-state index contributed by atoms with van der Waals surface area (Å²) >= 11 is 0. The van der Waals surface area contributed by atoms with Gasteiger partial charge in [-0.05, 0) is 62.6 Å². The Labute approximate surface area is 184 Å². The van der Waals surface area contributed by atoms with Crippen molar-refractivity contribution in [2.75, 3.05) is 16.8 Å². The van der Waals surface area contributed by atoms with Crippen molar-refractivity contribution in [3.63, 3.8) is 0 Å². The molecule has 2 rings (SSSR count). The minimum atomic E-state index is -0.427. The lowest BCUT2D eigenvalue weighted by Crippen LogP contribution is -2.34. The molecule has 1 aliphatic rings. The number of amides is 1. The first-order chi connectivity index (χ1) is 14.1. The van der Waals surface area contributed by atoms with Gasteiger partial charge in [-0.1, -0.05) is 53.5 Å². The van der Waals surface area contributed by atoms with Crippen LogP contribution in [-0.2, 0) is 11.2 Å². The van der Waals surface area contributed by atoms with E-state index in [9.17, 15) is 10.1 Å². The van der Waals surface area contributed by atoms with E-state index in [1.54, 1.807) is 0 Å². The molecule has 1 aromatic carbocycles. The highest BCUT2D eigenvalue weighted by atomic mass is 16.2. The van der Waals surface area contributed by atoms with E-state index < -0.39 is 5.41 Å². The summed E-state index contributed by atoms with van der Waals surface area (Å²) in [4.78, 5) is 15.3. The number of nitrogens with zero attached hydrogens (tertiary/aromatic N) is 2. The van der Waals surface area contributed by atoms with E-state index in [4.69, 9.17) is 0 Å². The van der Waals surface area contributed by atoms with Gasteiger partial charge in [0.2, 0.25) is 5.91 Å². The lowest BCUT2D eigenvalue weighted by molar-refractivity contribution is -0.123. The van der Waals surface area contributed by atoms with Crippen LogP contribution in [0.5, 0.6) is 0 Å². The van der Waals surface area contributed by atoms with Crippen LogP contribution in [-0.4, -0.2) is 18.5 Å². The zero-order valence-corrected chi connectivity index (χ0v) is 20.2. The lowest BCUT2D eigenvalue weighted by Gasteiger charge is -2.30. The normalized spacial score (nSPS) is 16.9. The van der Waals surface area contributed by atoms with Crippen LogP contribution in [0.15, 0.2) is 6.07 Å². The molecule has 0 bridgehead atoms. The van der Waals surface area contributed by atoms with Crippen molar-refractivity contribution in [1.82, 2.24) is 0 Å². The average molecular weight is 412 g/mol. The van der Waals surface area contributed by atoms with Crippen molar-refractivity contribution < 1.29 is 4.79 Å². The van der Waals surface area contributed by atoms with Crippen LogP contribution in [0, 0.1) is 36.5 Å². The molecule has 0 saturated heterocycles. The number of benzene rings is 1. The number of aryl methyl sites for hydroxylation is 2. The predicted octanol–water partition coefficient (Wildman–Crippen LogP) is 6.54. The van der Waals surface area contributed by atoms with Gasteiger partial charge < -0.3 is 10.2 Å². The van der Waals surface area contributed by atoms with E-state index in [-0.39, 0.29) is 11.8 Å². The first-order valence-corrected chi connectivity index (χ1v) is 11.7. The van der Waals surface area contributed by atoms with Gasteiger partial charge in [0.1, 0.15) is 0 Å². The van der Waals surface area contributed by atoms with Gasteiger partial charge in [0.05, 0.1) is 17.4 Å². The number of carbonyl (C=O) groups is 1. The topological polar surface area (TPSA) is 56.1 Å². The van der Waals surface area contributed by atoms with Gasteiger partial charge >= 0.3 is 0 Å². The Morgan fingerprint density at radius 2 is 1.93 bits per heavy atom. The number of nitriles is 1. The molecule has 2 unspecified atom stereocenters. The molecule has 166 valence electrons. The minimum Gasteiger partial charge on any atom is -0.366 e. The molecule has 0 aliphatic carbocycles. The van der Waals surface area contributed by atoms with Crippen molar-refractivity contribution in [2.24, 2.45) is 11.3 Å². The zero-order valence-electron chi connectivity index (χ0n) is 20.2. The molecule has 0 spiro atoms. The van der Waals surface area contributed by atoms with Crippen molar-refractivity contribution in [1.29, 1.82) is 5.26 Å². The van der Waals surface area contributed by atoms with Crippen LogP contribution in [0.2, 0.25) is 0 Å². The van der Waals surface area contributed by atoms with Crippen LogP contribution >= 0.6 is 0 Å².